The van der Waals surface area contributed by atoms with E-state index in [-0.39, 0.29) is 12.4 Å². The maximum atomic E-state index is 11.9. The summed E-state index contributed by atoms with van der Waals surface area (Å²) in [5.74, 6) is -0.227. The van der Waals surface area contributed by atoms with Crippen LogP contribution in [0.2, 0.25) is 0 Å². The van der Waals surface area contributed by atoms with Crippen molar-refractivity contribution in [1.29, 1.82) is 0 Å². The first-order valence-electron chi connectivity index (χ1n) is 7.02. The number of carbonyl (C=O) groups excluding carboxylic acids is 1. The van der Waals surface area contributed by atoms with Gasteiger partial charge in [-0.05, 0) is 35.4 Å². The Bertz CT molecular complexity index is 803. The van der Waals surface area contributed by atoms with Crippen LogP contribution in [0.5, 0.6) is 5.75 Å². The number of rotatable bonds is 8. The second-order valence-corrected chi connectivity index (χ2v) is 6.62. The quantitative estimate of drug-likeness (QED) is 0.548. The minimum atomic E-state index is -3.56. The average Bonchev–Trinajstić information content (AvgIpc) is 2.54. The van der Waals surface area contributed by atoms with Crippen LogP contribution in [0.4, 0.5) is 0 Å². The van der Waals surface area contributed by atoms with Crippen LogP contribution in [0.3, 0.4) is 0 Å². The standard InChI is InChI=1S/C16H17N3O4S/c17-16(20)11-23-15-8-6-13(7-9-15)10-18-19-24(21,22)12-14-4-2-1-3-5-14/h1-10,19H,11-12H2,(H2,17,20)/b18-10+. The summed E-state index contributed by atoms with van der Waals surface area (Å²) in [4.78, 5) is 12.8. The lowest BCUT2D eigenvalue weighted by atomic mass is 10.2. The Hall–Kier alpha value is -2.87. The Kier molecular flexibility index (Phi) is 5.91. The number of nitrogens with two attached hydrogens (primary N) is 1. The number of primary amides is 1. The summed E-state index contributed by atoms with van der Waals surface area (Å²) in [5.41, 5.74) is 6.33. The summed E-state index contributed by atoms with van der Waals surface area (Å²) in [6.07, 6.45) is 1.38. The zero-order chi connectivity index (χ0) is 17.4. The smallest absolute Gasteiger partial charge is 0.255 e. The SMILES string of the molecule is NC(=O)COc1ccc(/C=N/NS(=O)(=O)Cc2ccccc2)cc1. The van der Waals surface area contributed by atoms with Crippen LogP contribution in [0.1, 0.15) is 11.1 Å². The molecule has 2 rings (SSSR count). The van der Waals surface area contributed by atoms with Crippen LogP contribution in [-0.4, -0.2) is 27.1 Å². The highest BCUT2D eigenvalue weighted by Gasteiger charge is 2.09. The van der Waals surface area contributed by atoms with Crippen LogP contribution >= 0.6 is 0 Å². The van der Waals surface area contributed by atoms with Gasteiger partial charge in [0.25, 0.3) is 15.9 Å². The zero-order valence-corrected chi connectivity index (χ0v) is 13.6. The number of nitrogens with zero attached hydrogens (tertiary/aromatic N) is 1. The molecule has 0 spiro atoms. The summed E-state index contributed by atoms with van der Waals surface area (Å²) in [7, 11) is -3.56. The molecule has 3 N–H and O–H groups in total. The number of hydrogen-bond acceptors (Lipinski definition) is 5. The van der Waals surface area contributed by atoms with Crippen LogP contribution in [0.25, 0.3) is 0 Å². The van der Waals surface area contributed by atoms with Crippen LogP contribution < -0.4 is 15.3 Å². The molecule has 2 aromatic carbocycles. The lowest BCUT2D eigenvalue weighted by Gasteiger charge is -2.04. The number of hydrazone groups is 1. The third kappa shape index (κ3) is 6.09. The number of ether oxygens (including phenoxy) is 1. The molecule has 0 atom stereocenters. The van der Waals surface area contributed by atoms with E-state index in [0.29, 0.717) is 16.9 Å². The summed E-state index contributed by atoms with van der Waals surface area (Å²) in [6, 6.07) is 15.4. The number of benzene rings is 2. The van der Waals surface area contributed by atoms with Crippen molar-refractivity contribution in [3.05, 3.63) is 65.7 Å². The maximum absolute atomic E-state index is 11.9. The Balaban J connectivity index is 1.90. The molecule has 0 aliphatic carbocycles. The highest BCUT2D eigenvalue weighted by atomic mass is 32.2. The van der Waals surface area contributed by atoms with Crippen LogP contribution in [-0.2, 0) is 20.6 Å². The van der Waals surface area contributed by atoms with Crippen molar-refractivity contribution in [3.63, 3.8) is 0 Å². The molecule has 0 saturated carbocycles. The molecule has 0 saturated heterocycles. The Labute approximate surface area is 140 Å². The predicted molar refractivity (Wildman–Crippen MR) is 90.9 cm³/mol. The van der Waals surface area contributed by atoms with Gasteiger partial charge in [-0.15, -0.1) is 0 Å². The van der Waals surface area contributed by atoms with Gasteiger partial charge in [0.15, 0.2) is 6.61 Å². The first kappa shape index (κ1) is 17.5. The lowest BCUT2D eigenvalue weighted by molar-refractivity contribution is -0.119. The fraction of sp³-hybridized carbons (Fsp3) is 0.125. The molecule has 0 aromatic heterocycles. The van der Waals surface area contributed by atoms with Gasteiger partial charge in [0.2, 0.25) is 0 Å². The molecule has 1 amide bonds. The van der Waals surface area contributed by atoms with Crippen molar-refractivity contribution in [3.8, 4) is 5.75 Å². The molecular weight excluding hydrogens is 330 g/mol. The number of hydrogen-bond donors (Lipinski definition) is 2. The van der Waals surface area contributed by atoms with Gasteiger partial charge < -0.3 is 10.5 Å². The molecule has 0 fully saturated rings. The van der Waals surface area contributed by atoms with Crippen molar-refractivity contribution in [1.82, 2.24) is 4.83 Å². The van der Waals surface area contributed by atoms with E-state index in [1.807, 2.05) is 6.07 Å². The van der Waals surface area contributed by atoms with Crippen LogP contribution in [0, 0.1) is 0 Å². The van der Waals surface area contributed by atoms with Crippen molar-refractivity contribution in [2.45, 2.75) is 5.75 Å². The average molecular weight is 347 g/mol. The van der Waals surface area contributed by atoms with Crippen molar-refractivity contribution < 1.29 is 17.9 Å². The van der Waals surface area contributed by atoms with Gasteiger partial charge in [-0.1, -0.05) is 30.3 Å². The summed E-state index contributed by atoms with van der Waals surface area (Å²) >= 11 is 0. The lowest BCUT2D eigenvalue weighted by Crippen LogP contribution is -2.20. The van der Waals surface area contributed by atoms with Gasteiger partial charge >= 0.3 is 0 Å². The third-order valence-electron chi connectivity index (χ3n) is 2.87. The third-order valence-corrected chi connectivity index (χ3v) is 3.96. The molecule has 24 heavy (non-hydrogen) atoms. The van der Waals surface area contributed by atoms with E-state index in [2.05, 4.69) is 9.93 Å². The van der Waals surface area contributed by atoms with E-state index in [9.17, 15) is 13.2 Å². The maximum Gasteiger partial charge on any atom is 0.255 e. The molecule has 126 valence electrons. The molecule has 0 aliphatic heterocycles. The normalized spacial score (nSPS) is 11.3. The number of carbonyl (C=O) groups is 1. The summed E-state index contributed by atoms with van der Waals surface area (Å²) in [6.45, 7) is -0.202. The topological polar surface area (TPSA) is 111 Å². The van der Waals surface area contributed by atoms with E-state index in [0.717, 1.165) is 0 Å². The number of sulfonamides is 1. The Morgan fingerprint density at radius 2 is 1.79 bits per heavy atom. The van der Waals surface area contributed by atoms with E-state index in [1.54, 1.807) is 48.5 Å². The molecule has 7 nitrogen and oxygen atoms in total. The van der Waals surface area contributed by atoms with Crippen molar-refractivity contribution in [2.24, 2.45) is 10.8 Å². The molecule has 2 aromatic rings. The second-order valence-electron chi connectivity index (χ2n) is 4.92. The van der Waals surface area contributed by atoms with Crippen LogP contribution in [0.15, 0.2) is 59.7 Å². The minimum absolute atomic E-state index is 0.148. The summed E-state index contributed by atoms with van der Waals surface area (Å²) in [5, 5.41) is 3.74. The highest BCUT2D eigenvalue weighted by molar-refractivity contribution is 7.88. The molecular formula is C16H17N3O4S. The Morgan fingerprint density at radius 1 is 1.12 bits per heavy atom. The zero-order valence-electron chi connectivity index (χ0n) is 12.8. The van der Waals surface area contributed by atoms with Gasteiger partial charge in [-0.3, -0.25) is 4.79 Å². The summed E-state index contributed by atoms with van der Waals surface area (Å²) < 4.78 is 28.9. The molecule has 0 unspecified atom stereocenters. The van der Waals surface area contributed by atoms with Gasteiger partial charge in [0.05, 0.1) is 12.0 Å². The van der Waals surface area contributed by atoms with E-state index >= 15 is 0 Å². The Morgan fingerprint density at radius 3 is 2.42 bits per heavy atom. The van der Waals surface area contributed by atoms with Gasteiger partial charge in [-0.25, -0.2) is 13.2 Å². The second kappa shape index (κ2) is 8.11. The van der Waals surface area contributed by atoms with Gasteiger partial charge in [0, 0.05) is 0 Å². The van der Waals surface area contributed by atoms with Gasteiger partial charge in [0.1, 0.15) is 5.75 Å². The first-order chi connectivity index (χ1) is 11.4. The van der Waals surface area contributed by atoms with E-state index in [4.69, 9.17) is 10.5 Å². The van der Waals surface area contributed by atoms with Gasteiger partial charge in [-0.2, -0.15) is 5.10 Å². The molecule has 0 bridgehead atoms. The monoisotopic (exact) mass is 347 g/mol. The molecule has 0 heterocycles. The fourth-order valence-electron chi connectivity index (χ4n) is 1.81. The number of amides is 1. The molecule has 0 radical (unpaired) electrons. The minimum Gasteiger partial charge on any atom is -0.484 e. The van der Waals surface area contributed by atoms with Crippen molar-refractivity contribution in [2.75, 3.05) is 6.61 Å². The first-order valence-corrected chi connectivity index (χ1v) is 8.67. The van der Waals surface area contributed by atoms with Crippen molar-refractivity contribution >= 4 is 22.1 Å². The fourth-order valence-corrected chi connectivity index (χ4v) is 2.72. The molecule has 0 aliphatic rings. The van der Waals surface area contributed by atoms with E-state index < -0.39 is 15.9 Å². The highest BCUT2D eigenvalue weighted by Crippen LogP contribution is 2.11. The number of nitrogens with one attached hydrogen (secondary N) is 1. The molecule has 8 heteroatoms. The van der Waals surface area contributed by atoms with E-state index in [1.165, 1.54) is 6.21 Å². The largest absolute Gasteiger partial charge is 0.484 e. The predicted octanol–water partition coefficient (Wildman–Crippen LogP) is 1.00.